The SMILES string of the molecule is CC(C)=CCC/C(C)=C\C[C@H]1C[C@@]2(C/C=C(\C)CCC=C(C)C)C(=O)C(=C(O)c3ccc(O)c(O)c3)C(=O)[C@](CC=C(C)C)(C2=O)C1(C)C. The van der Waals surface area contributed by atoms with Crippen LogP contribution in [-0.4, -0.2) is 32.7 Å². The quantitative estimate of drug-likeness (QED) is 0.0481. The van der Waals surface area contributed by atoms with Gasteiger partial charge in [0.2, 0.25) is 0 Å². The highest BCUT2D eigenvalue weighted by molar-refractivity contribution is 6.41. The normalized spacial score (nSPS) is 24.8. The number of ketones is 3. The summed E-state index contributed by atoms with van der Waals surface area (Å²) in [5.74, 6) is -3.36. The van der Waals surface area contributed by atoms with Gasteiger partial charge in [0.05, 0.1) is 5.41 Å². The maximum Gasteiger partial charge on any atom is 0.184 e. The lowest BCUT2D eigenvalue weighted by atomic mass is 9.38. The molecule has 2 aliphatic rings. The summed E-state index contributed by atoms with van der Waals surface area (Å²) in [6.07, 6.45) is 15.0. The first-order valence-electron chi connectivity index (χ1n) is 17.6. The minimum absolute atomic E-state index is 0.0182. The van der Waals surface area contributed by atoms with E-state index in [1.807, 2.05) is 46.8 Å². The standard InChI is InChI=1S/C43H58O6/c1-27(2)13-11-15-30(7)17-19-33-26-42(23-22-31(8)16-12-14-28(3)4)38(47)36(37(46)32-18-20-34(44)35(45)25-32)39(48)43(40(42)49,41(33,9)10)24-21-29(5)6/h13-14,17-18,20-22,25,33,44-46H,11-12,15-16,19,23-24,26H2,1-10H3/b30-17-,31-22+,37-36?/t33-,42-,43+/m0/s1. The number of carbonyl (C=O) groups excluding carboxylic acids is 3. The number of phenolic OH excluding ortho intramolecular Hbond substituents is 2. The van der Waals surface area contributed by atoms with E-state index in [-0.39, 0.29) is 36.5 Å². The molecular weight excluding hydrogens is 612 g/mol. The number of rotatable bonds is 13. The predicted octanol–water partition coefficient (Wildman–Crippen LogP) is 10.6. The molecule has 0 aromatic heterocycles. The van der Waals surface area contributed by atoms with Crippen molar-refractivity contribution >= 4 is 23.1 Å². The molecule has 6 nitrogen and oxygen atoms in total. The van der Waals surface area contributed by atoms with Crippen molar-refractivity contribution < 1.29 is 29.7 Å². The summed E-state index contributed by atoms with van der Waals surface area (Å²) in [4.78, 5) is 45.1. The van der Waals surface area contributed by atoms with Crippen LogP contribution in [0.3, 0.4) is 0 Å². The zero-order chi connectivity index (χ0) is 36.9. The first-order chi connectivity index (χ1) is 22.8. The van der Waals surface area contributed by atoms with Gasteiger partial charge < -0.3 is 15.3 Å². The average Bonchev–Trinajstić information content (AvgIpc) is 3.00. The molecule has 6 heteroatoms. The minimum atomic E-state index is -1.61. The molecule has 49 heavy (non-hydrogen) atoms. The van der Waals surface area contributed by atoms with Crippen LogP contribution in [0.2, 0.25) is 0 Å². The summed E-state index contributed by atoms with van der Waals surface area (Å²) in [6, 6.07) is 3.68. The second kappa shape index (κ2) is 15.7. The van der Waals surface area contributed by atoms with Gasteiger partial charge in [0.1, 0.15) is 16.7 Å². The van der Waals surface area contributed by atoms with Crippen molar-refractivity contribution in [2.75, 3.05) is 0 Å². The van der Waals surface area contributed by atoms with E-state index in [1.54, 1.807) is 0 Å². The van der Waals surface area contributed by atoms with E-state index in [1.165, 1.54) is 28.9 Å². The molecule has 2 fully saturated rings. The number of hydrogen-bond donors (Lipinski definition) is 3. The zero-order valence-electron chi connectivity index (χ0n) is 31.4. The van der Waals surface area contributed by atoms with Crippen molar-refractivity contribution in [1.29, 1.82) is 0 Å². The second-order valence-electron chi connectivity index (χ2n) is 15.7. The highest BCUT2D eigenvalue weighted by Crippen LogP contribution is 2.65. The van der Waals surface area contributed by atoms with Crippen LogP contribution in [0.15, 0.2) is 82.0 Å². The van der Waals surface area contributed by atoms with Crippen LogP contribution in [0.4, 0.5) is 0 Å². The third-order valence-electron chi connectivity index (χ3n) is 10.8. The molecule has 266 valence electrons. The Morgan fingerprint density at radius 3 is 1.82 bits per heavy atom. The summed E-state index contributed by atoms with van der Waals surface area (Å²) < 4.78 is 0. The van der Waals surface area contributed by atoms with Crippen molar-refractivity contribution in [3.05, 3.63) is 87.6 Å². The van der Waals surface area contributed by atoms with E-state index < -0.39 is 50.6 Å². The van der Waals surface area contributed by atoms with E-state index in [0.717, 1.165) is 42.9 Å². The molecule has 2 bridgehead atoms. The van der Waals surface area contributed by atoms with E-state index in [9.17, 15) is 20.1 Å². The van der Waals surface area contributed by atoms with Gasteiger partial charge in [-0.25, -0.2) is 0 Å². The monoisotopic (exact) mass is 670 g/mol. The summed E-state index contributed by atoms with van der Waals surface area (Å²) in [5, 5.41) is 31.9. The zero-order valence-corrected chi connectivity index (χ0v) is 31.4. The molecule has 0 spiro atoms. The summed E-state index contributed by atoms with van der Waals surface area (Å²) in [6.45, 7) is 20.2. The van der Waals surface area contributed by atoms with Gasteiger partial charge >= 0.3 is 0 Å². The number of aliphatic hydroxyl groups excluding tert-OH is 1. The fourth-order valence-electron chi connectivity index (χ4n) is 7.52. The van der Waals surface area contributed by atoms with Gasteiger partial charge in [-0.1, -0.05) is 72.1 Å². The molecule has 0 radical (unpaired) electrons. The van der Waals surface area contributed by atoms with Gasteiger partial charge in [0, 0.05) is 5.56 Å². The highest BCUT2D eigenvalue weighted by atomic mass is 16.3. The molecule has 0 saturated heterocycles. The molecule has 0 aliphatic heterocycles. The number of Topliss-reactive ketones (excluding diaryl/α,β-unsaturated/α-hetero) is 3. The molecule has 2 aliphatic carbocycles. The largest absolute Gasteiger partial charge is 0.506 e. The number of fused-ring (bicyclic) bond motifs is 2. The molecule has 2 saturated carbocycles. The Labute approximate surface area is 294 Å². The third-order valence-corrected chi connectivity index (χ3v) is 10.8. The number of aromatic hydroxyl groups is 2. The molecule has 1 aromatic rings. The first-order valence-corrected chi connectivity index (χ1v) is 17.6. The highest BCUT2D eigenvalue weighted by Gasteiger charge is 2.73. The molecule has 3 rings (SSSR count). The maximum absolute atomic E-state index is 15.2. The van der Waals surface area contributed by atoms with Gasteiger partial charge in [0.15, 0.2) is 28.8 Å². The van der Waals surface area contributed by atoms with Crippen LogP contribution < -0.4 is 0 Å². The third kappa shape index (κ3) is 8.11. The molecule has 3 atom stereocenters. The number of hydrogen-bond acceptors (Lipinski definition) is 6. The van der Waals surface area contributed by atoms with Crippen molar-refractivity contribution in [3.8, 4) is 11.5 Å². The maximum atomic E-state index is 15.2. The number of aliphatic hydroxyl groups is 1. The van der Waals surface area contributed by atoms with Crippen LogP contribution >= 0.6 is 0 Å². The van der Waals surface area contributed by atoms with Crippen molar-refractivity contribution in [2.45, 2.75) is 121 Å². The van der Waals surface area contributed by atoms with E-state index >= 15 is 9.59 Å². The van der Waals surface area contributed by atoms with Crippen LogP contribution in [0.5, 0.6) is 11.5 Å². The number of benzene rings is 1. The smallest absolute Gasteiger partial charge is 0.184 e. The van der Waals surface area contributed by atoms with Crippen LogP contribution in [-0.2, 0) is 14.4 Å². The fourth-order valence-corrected chi connectivity index (χ4v) is 7.52. The Kier molecular flexibility index (Phi) is 12.7. The van der Waals surface area contributed by atoms with Crippen LogP contribution in [0, 0.1) is 22.2 Å². The van der Waals surface area contributed by atoms with Gasteiger partial charge in [-0.2, -0.15) is 0 Å². The average molecular weight is 671 g/mol. The van der Waals surface area contributed by atoms with Crippen molar-refractivity contribution in [3.63, 3.8) is 0 Å². The Hall–Kier alpha value is -3.93. The van der Waals surface area contributed by atoms with Crippen LogP contribution in [0.25, 0.3) is 5.76 Å². The fraction of sp³-hybridized carbons (Fsp3) is 0.512. The molecule has 0 heterocycles. The predicted molar refractivity (Wildman–Crippen MR) is 199 cm³/mol. The Morgan fingerprint density at radius 2 is 1.29 bits per heavy atom. The van der Waals surface area contributed by atoms with E-state index in [4.69, 9.17) is 0 Å². The topological polar surface area (TPSA) is 112 Å². The minimum Gasteiger partial charge on any atom is -0.506 e. The second-order valence-corrected chi connectivity index (χ2v) is 15.7. The first kappa shape index (κ1) is 39.5. The Balaban J connectivity index is 2.32. The lowest BCUT2D eigenvalue weighted by molar-refractivity contribution is -0.176. The van der Waals surface area contributed by atoms with E-state index in [2.05, 4.69) is 52.8 Å². The van der Waals surface area contributed by atoms with Gasteiger partial charge in [-0.3, -0.25) is 14.4 Å². The molecule has 3 N–H and O–H groups in total. The summed E-state index contributed by atoms with van der Waals surface area (Å²) >= 11 is 0. The van der Waals surface area contributed by atoms with Crippen molar-refractivity contribution in [1.82, 2.24) is 0 Å². The lowest BCUT2D eigenvalue weighted by Gasteiger charge is -2.60. The number of phenols is 2. The van der Waals surface area contributed by atoms with Gasteiger partial charge in [-0.05, 0) is 136 Å². The van der Waals surface area contributed by atoms with Crippen molar-refractivity contribution in [2.24, 2.45) is 22.2 Å². The van der Waals surface area contributed by atoms with Gasteiger partial charge in [-0.15, -0.1) is 0 Å². The molecule has 1 aromatic carbocycles. The lowest BCUT2D eigenvalue weighted by Crippen LogP contribution is -2.69. The summed E-state index contributed by atoms with van der Waals surface area (Å²) in [7, 11) is 0. The van der Waals surface area contributed by atoms with E-state index in [0.29, 0.717) is 6.42 Å². The molecule has 0 amide bonds. The number of allylic oxidation sites excluding steroid dienone is 11. The van der Waals surface area contributed by atoms with Crippen LogP contribution in [0.1, 0.15) is 126 Å². The number of carbonyl (C=O) groups is 3. The van der Waals surface area contributed by atoms with Gasteiger partial charge in [0.25, 0.3) is 0 Å². The molecule has 0 unspecified atom stereocenters. The summed E-state index contributed by atoms with van der Waals surface area (Å²) in [5.41, 5.74) is 1.27. The Morgan fingerprint density at radius 1 is 0.735 bits per heavy atom. The Bertz CT molecular complexity index is 1650. The molecular formula is C43H58O6.